The summed E-state index contributed by atoms with van der Waals surface area (Å²) in [4.78, 5) is 0. The van der Waals surface area contributed by atoms with Crippen molar-refractivity contribution in [3.63, 3.8) is 0 Å². The van der Waals surface area contributed by atoms with Gasteiger partial charge in [0.2, 0.25) is 0 Å². The third-order valence-electron chi connectivity index (χ3n) is 1.96. The molecule has 0 aromatic carbocycles. The zero-order chi connectivity index (χ0) is 7.72. The second-order valence-corrected chi connectivity index (χ2v) is 3.16. The summed E-state index contributed by atoms with van der Waals surface area (Å²) >= 11 is 0. The smallest absolute Gasteiger partial charge is 0.0990 e. The van der Waals surface area contributed by atoms with Gasteiger partial charge in [-0.2, -0.15) is 0 Å². The maximum atomic E-state index is 5.53. The lowest BCUT2D eigenvalue weighted by molar-refractivity contribution is 0.0678. The van der Waals surface area contributed by atoms with Crippen molar-refractivity contribution >= 4 is 0 Å². The van der Waals surface area contributed by atoms with Crippen LogP contribution in [0.15, 0.2) is 12.3 Å². The van der Waals surface area contributed by atoms with Crippen LogP contribution in [-0.4, -0.2) is 12.2 Å². The molecule has 1 heterocycles. The molecule has 2 N–H and O–H groups in total. The first kappa shape index (κ1) is 7.61. The highest BCUT2D eigenvalue weighted by molar-refractivity contribution is 5.01. The van der Waals surface area contributed by atoms with Gasteiger partial charge in [0.1, 0.15) is 0 Å². The van der Waals surface area contributed by atoms with Crippen LogP contribution in [0.5, 0.6) is 0 Å². The molecule has 0 bridgehead atoms. The highest BCUT2D eigenvalue weighted by Gasteiger charge is 2.30. The number of hydrogen-bond donors (Lipinski definition) is 1. The van der Waals surface area contributed by atoms with Crippen LogP contribution in [0.1, 0.15) is 20.3 Å². The van der Waals surface area contributed by atoms with E-state index in [0.717, 1.165) is 6.42 Å². The summed E-state index contributed by atoms with van der Waals surface area (Å²) in [5.41, 5.74) is 6.19. The van der Waals surface area contributed by atoms with Crippen LogP contribution >= 0.6 is 0 Å². The lowest BCUT2D eigenvalue weighted by Gasteiger charge is -2.13. The Morgan fingerprint density at radius 1 is 1.60 bits per heavy atom. The Kier molecular flexibility index (Phi) is 2.00. The van der Waals surface area contributed by atoms with Gasteiger partial charge in [0, 0.05) is 5.70 Å². The maximum absolute atomic E-state index is 5.53. The Hall–Kier alpha value is -0.500. The van der Waals surface area contributed by atoms with Gasteiger partial charge in [0.05, 0.1) is 12.2 Å². The van der Waals surface area contributed by atoms with E-state index >= 15 is 0 Å². The third-order valence-corrected chi connectivity index (χ3v) is 1.96. The summed E-state index contributed by atoms with van der Waals surface area (Å²) in [6, 6.07) is 0. The van der Waals surface area contributed by atoms with Crippen molar-refractivity contribution in [2.75, 3.05) is 0 Å². The maximum Gasteiger partial charge on any atom is 0.0990 e. The molecular formula is C8H15NO. The fourth-order valence-corrected chi connectivity index (χ4v) is 1.54. The number of hydrogen-bond acceptors (Lipinski definition) is 2. The van der Waals surface area contributed by atoms with Crippen LogP contribution in [0.2, 0.25) is 0 Å². The fraction of sp³-hybridized carbons (Fsp3) is 0.750. The number of nitrogens with two attached hydrogens (primary N) is 1. The Morgan fingerprint density at radius 2 is 2.20 bits per heavy atom. The molecule has 2 heteroatoms. The Morgan fingerprint density at radius 3 is 2.40 bits per heavy atom. The van der Waals surface area contributed by atoms with Gasteiger partial charge < -0.3 is 10.5 Å². The van der Waals surface area contributed by atoms with Crippen molar-refractivity contribution in [2.45, 2.75) is 32.5 Å². The van der Waals surface area contributed by atoms with Gasteiger partial charge in [-0.1, -0.05) is 13.5 Å². The average molecular weight is 141 g/mol. The molecule has 1 saturated heterocycles. The molecule has 3 atom stereocenters. The predicted octanol–water partition coefficient (Wildman–Crippen LogP) is 1.27. The minimum absolute atomic E-state index is 0.0926. The highest BCUT2D eigenvalue weighted by Crippen LogP contribution is 2.27. The van der Waals surface area contributed by atoms with Crippen LogP contribution in [0.25, 0.3) is 0 Å². The predicted molar refractivity (Wildman–Crippen MR) is 41.4 cm³/mol. The summed E-state index contributed by atoms with van der Waals surface area (Å²) in [6.07, 6.45) is 1.54. The molecule has 1 fully saturated rings. The third kappa shape index (κ3) is 1.32. The van der Waals surface area contributed by atoms with Crippen LogP contribution < -0.4 is 5.73 Å². The topological polar surface area (TPSA) is 35.2 Å². The molecule has 0 aromatic rings. The Bertz CT molecular complexity index is 144. The zero-order valence-corrected chi connectivity index (χ0v) is 6.63. The van der Waals surface area contributed by atoms with Crippen molar-refractivity contribution in [1.29, 1.82) is 0 Å². The van der Waals surface area contributed by atoms with Crippen molar-refractivity contribution in [3.05, 3.63) is 12.3 Å². The first-order chi connectivity index (χ1) is 4.61. The molecule has 2 nitrogen and oxygen atoms in total. The number of rotatable bonds is 1. The number of ether oxygens (including phenoxy) is 1. The van der Waals surface area contributed by atoms with Gasteiger partial charge in [-0.25, -0.2) is 0 Å². The van der Waals surface area contributed by atoms with Crippen LogP contribution in [0, 0.1) is 5.92 Å². The van der Waals surface area contributed by atoms with Crippen LogP contribution in [0.3, 0.4) is 0 Å². The summed E-state index contributed by atoms with van der Waals surface area (Å²) in [6.45, 7) is 7.89. The Labute approximate surface area is 62.1 Å². The molecule has 58 valence electrons. The highest BCUT2D eigenvalue weighted by atomic mass is 16.5. The molecule has 0 aromatic heterocycles. The van der Waals surface area contributed by atoms with Crippen molar-refractivity contribution in [3.8, 4) is 0 Å². The quantitative estimate of drug-likeness (QED) is 0.597. The van der Waals surface area contributed by atoms with Crippen LogP contribution in [0.4, 0.5) is 0 Å². The molecule has 0 amide bonds. The molecule has 0 aliphatic carbocycles. The van der Waals surface area contributed by atoms with Gasteiger partial charge in [-0.3, -0.25) is 0 Å². The van der Waals surface area contributed by atoms with Gasteiger partial charge in [0.25, 0.3) is 0 Å². The SMILES string of the molecule is C=C(N)[C@H]1O[C@@H](C)C[C@@H]1C. The second kappa shape index (κ2) is 2.62. The van der Waals surface area contributed by atoms with Crippen molar-refractivity contribution in [2.24, 2.45) is 11.7 Å². The van der Waals surface area contributed by atoms with Gasteiger partial charge in [0.15, 0.2) is 0 Å². The van der Waals surface area contributed by atoms with Crippen molar-refractivity contribution in [1.82, 2.24) is 0 Å². The normalized spacial score (nSPS) is 40.0. The summed E-state index contributed by atoms with van der Waals surface area (Å²) in [7, 11) is 0. The first-order valence-electron chi connectivity index (χ1n) is 3.71. The molecule has 0 saturated carbocycles. The molecule has 10 heavy (non-hydrogen) atoms. The molecule has 1 aliphatic heterocycles. The van der Waals surface area contributed by atoms with E-state index < -0.39 is 0 Å². The second-order valence-electron chi connectivity index (χ2n) is 3.16. The monoisotopic (exact) mass is 141 g/mol. The average Bonchev–Trinajstić information content (AvgIpc) is 2.10. The zero-order valence-electron chi connectivity index (χ0n) is 6.63. The van der Waals surface area contributed by atoms with E-state index in [0.29, 0.717) is 17.7 Å². The van der Waals surface area contributed by atoms with Crippen molar-refractivity contribution < 1.29 is 4.74 Å². The standard InChI is InChI=1S/C8H15NO/c1-5-4-6(2)10-8(5)7(3)9/h5-6,8H,3-4,9H2,1-2H3/t5-,6-,8-/m0/s1. The largest absolute Gasteiger partial charge is 0.400 e. The molecular weight excluding hydrogens is 126 g/mol. The van der Waals surface area contributed by atoms with Gasteiger partial charge in [-0.05, 0) is 19.3 Å². The summed E-state index contributed by atoms with van der Waals surface area (Å²) in [5, 5.41) is 0. The minimum Gasteiger partial charge on any atom is -0.400 e. The molecule has 0 unspecified atom stereocenters. The molecule has 0 radical (unpaired) electrons. The van der Waals surface area contributed by atoms with E-state index in [9.17, 15) is 0 Å². The van der Waals surface area contributed by atoms with E-state index in [1.807, 2.05) is 0 Å². The summed E-state index contributed by atoms with van der Waals surface area (Å²) < 4.78 is 5.51. The Balaban J connectivity index is 2.54. The summed E-state index contributed by atoms with van der Waals surface area (Å²) in [5.74, 6) is 0.535. The van der Waals surface area contributed by atoms with E-state index in [1.165, 1.54) is 0 Å². The van der Waals surface area contributed by atoms with E-state index in [4.69, 9.17) is 10.5 Å². The molecule has 1 aliphatic rings. The van der Waals surface area contributed by atoms with Gasteiger partial charge >= 0.3 is 0 Å². The van der Waals surface area contributed by atoms with Crippen LogP contribution in [-0.2, 0) is 4.74 Å². The van der Waals surface area contributed by atoms with E-state index in [-0.39, 0.29) is 6.10 Å². The fourth-order valence-electron chi connectivity index (χ4n) is 1.54. The van der Waals surface area contributed by atoms with Gasteiger partial charge in [-0.15, -0.1) is 0 Å². The minimum atomic E-state index is 0.0926. The lowest BCUT2D eigenvalue weighted by atomic mass is 10.0. The first-order valence-corrected chi connectivity index (χ1v) is 3.71. The lowest BCUT2D eigenvalue weighted by Crippen LogP contribution is -2.21. The van der Waals surface area contributed by atoms with E-state index in [2.05, 4.69) is 20.4 Å². The molecule has 0 spiro atoms. The van der Waals surface area contributed by atoms with E-state index in [1.54, 1.807) is 0 Å². The molecule has 1 rings (SSSR count).